The van der Waals surface area contributed by atoms with E-state index in [0.717, 1.165) is 5.02 Å². The van der Waals surface area contributed by atoms with E-state index in [0.29, 0.717) is 12.1 Å². The van der Waals surface area contributed by atoms with Gasteiger partial charge in [-0.1, -0.05) is 24.4 Å². The molecule has 0 saturated heterocycles. The molecule has 92 valence electrons. The average Bonchev–Trinajstić information content (AvgIpc) is 2.31. The maximum Gasteiger partial charge on any atom is 0.0620 e. The number of nitrogens with zero attached hydrogens (tertiary/aromatic N) is 1. The van der Waals surface area contributed by atoms with E-state index >= 15 is 0 Å². The van der Waals surface area contributed by atoms with E-state index in [1.165, 1.54) is 42.6 Å². The molecule has 2 unspecified atom stereocenters. The van der Waals surface area contributed by atoms with Gasteiger partial charge in [0.1, 0.15) is 0 Å². The zero-order chi connectivity index (χ0) is 12.0. The van der Waals surface area contributed by atoms with Crippen molar-refractivity contribution in [2.45, 2.75) is 44.7 Å². The third-order valence-electron chi connectivity index (χ3n) is 4.22. The van der Waals surface area contributed by atoms with Gasteiger partial charge in [0, 0.05) is 24.2 Å². The second-order valence-electron chi connectivity index (χ2n) is 5.33. The zero-order valence-corrected chi connectivity index (χ0v) is 11.2. The van der Waals surface area contributed by atoms with Crippen molar-refractivity contribution >= 4 is 23.0 Å². The minimum Gasteiger partial charge on any atom is -0.378 e. The van der Waals surface area contributed by atoms with Crippen molar-refractivity contribution < 1.29 is 0 Å². The number of fused-ring (bicyclic) bond motifs is 2. The Hall–Kier alpha value is -0.890. The van der Waals surface area contributed by atoms with Crippen LogP contribution in [0.15, 0.2) is 12.1 Å². The molecule has 0 aromatic heterocycles. The van der Waals surface area contributed by atoms with Crippen molar-refractivity contribution in [2.24, 2.45) is 0 Å². The molecule has 0 radical (unpaired) electrons. The predicted molar refractivity (Wildman–Crippen MR) is 74.3 cm³/mol. The second kappa shape index (κ2) is 4.09. The smallest absolute Gasteiger partial charge is 0.0620 e. The molecule has 1 aliphatic carbocycles. The summed E-state index contributed by atoms with van der Waals surface area (Å²) in [5, 5.41) is 4.56. The number of likely N-dealkylation sites (N-methyl/N-ethyl adjacent to an activating group) is 1. The molecular formula is C14H19ClN2. The lowest BCUT2D eigenvalue weighted by Crippen LogP contribution is -2.50. The molecule has 2 nitrogen and oxygen atoms in total. The number of anilines is 2. The summed E-state index contributed by atoms with van der Waals surface area (Å²) in [6.45, 7) is 2.13. The molecule has 1 N–H and O–H groups in total. The quantitative estimate of drug-likeness (QED) is 0.753. The highest BCUT2D eigenvalue weighted by Crippen LogP contribution is 2.41. The molecule has 2 aliphatic rings. The molecule has 0 spiro atoms. The van der Waals surface area contributed by atoms with E-state index in [1.807, 2.05) is 6.07 Å². The molecule has 17 heavy (non-hydrogen) atoms. The predicted octanol–water partition coefficient (Wildman–Crippen LogP) is 3.82. The lowest BCUT2D eigenvalue weighted by atomic mass is 9.86. The molecule has 2 atom stereocenters. The third kappa shape index (κ3) is 1.79. The average molecular weight is 251 g/mol. The molecule has 3 rings (SSSR count). The molecule has 0 bridgehead atoms. The molecule has 3 heteroatoms. The van der Waals surface area contributed by atoms with E-state index in [9.17, 15) is 0 Å². The minimum absolute atomic E-state index is 0.612. The molecule has 0 amide bonds. The van der Waals surface area contributed by atoms with Gasteiger partial charge in [0.05, 0.1) is 11.4 Å². The van der Waals surface area contributed by atoms with Crippen LogP contribution in [0.4, 0.5) is 11.4 Å². The maximum absolute atomic E-state index is 6.17. The van der Waals surface area contributed by atoms with Crippen LogP contribution in [-0.4, -0.2) is 19.1 Å². The molecule has 1 aromatic rings. The fourth-order valence-electron chi connectivity index (χ4n) is 3.30. The summed E-state index contributed by atoms with van der Waals surface area (Å²) in [6, 6.07) is 5.38. The van der Waals surface area contributed by atoms with E-state index in [-0.39, 0.29) is 0 Å². The molecule has 1 aromatic carbocycles. The molecule has 1 fully saturated rings. The van der Waals surface area contributed by atoms with Gasteiger partial charge in [0.15, 0.2) is 0 Å². The highest BCUT2D eigenvalue weighted by atomic mass is 35.5. The van der Waals surface area contributed by atoms with E-state index < -0.39 is 0 Å². The second-order valence-corrected chi connectivity index (χ2v) is 5.77. The first kappa shape index (κ1) is 11.2. The Morgan fingerprint density at radius 3 is 2.88 bits per heavy atom. The highest BCUT2D eigenvalue weighted by molar-refractivity contribution is 6.31. The number of nitrogens with one attached hydrogen (secondary N) is 1. The standard InChI is InChI=1S/C14H19ClN2/c1-9-7-10(15)8-13-14(9)16-11-5-3-4-6-12(11)17(13)2/h7-8,11-12,16H,3-6H2,1-2H3. The van der Waals surface area contributed by atoms with Gasteiger partial charge >= 0.3 is 0 Å². The first-order valence-corrected chi connectivity index (χ1v) is 6.84. The van der Waals surface area contributed by atoms with Crippen LogP contribution < -0.4 is 10.2 Å². The Morgan fingerprint density at radius 1 is 1.29 bits per heavy atom. The lowest BCUT2D eigenvalue weighted by Gasteiger charge is -2.45. The summed E-state index contributed by atoms with van der Waals surface area (Å²) in [6.07, 6.45) is 5.28. The Balaban J connectivity index is 2.05. The van der Waals surface area contributed by atoms with Crippen molar-refractivity contribution in [2.75, 3.05) is 17.3 Å². The van der Waals surface area contributed by atoms with Gasteiger partial charge in [0.25, 0.3) is 0 Å². The van der Waals surface area contributed by atoms with Crippen molar-refractivity contribution in [3.8, 4) is 0 Å². The van der Waals surface area contributed by atoms with Crippen molar-refractivity contribution in [1.82, 2.24) is 0 Å². The number of hydrogen-bond acceptors (Lipinski definition) is 2. The Bertz CT molecular complexity index is 444. The molecule has 1 heterocycles. The van der Waals surface area contributed by atoms with Crippen LogP contribution in [0.5, 0.6) is 0 Å². The molecule has 1 aliphatic heterocycles. The van der Waals surface area contributed by atoms with Crippen LogP contribution in [0.3, 0.4) is 0 Å². The number of benzene rings is 1. The SMILES string of the molecule is Cc1cc(Cl)cc2c1NC1CCCCC1N2C. The number of hydrogen-bond donors (Lipinski definition) is 1. The summed E-state index contributed by atoms with van der Waals surface area (Å²) >= 11 is 6.17. The van der Waals surface area contributed by atoms with Crippen LogP contribution >= 0.6 is 11.6 Å². The van der Waals surface area contributed by atoms with Gasteiger partial charge in [-0.05, 0) is 37.5 Å². The highest BCUT2D eigenvalue weighted by Gasteiger charge is 2.34. The Morgan fingerprint density at radius 2 is 2.06 bits per heavy atom. The zero-order valence-electron chi connectivity index (χ0n) is 10.5. The first-order chi connectivity index (χ1) is 8.16. The largest absolute Gasteiger partial charge is 0.378 e. The van der Waals surface area contributed by atoms with Gasteiger partial charge in [0.2, 0.25) is 0 Å². The van der Waals surface area contributed by atoms with E-state index in [1.54, 1.807) is 0 Å². The fraction of sp³-hybridized carbons (Fsp3) is 0.571. The van der Waals surface area contributed by atoms with Gasteiger partial charge in [-0.3, -0.25) is 0 Å². The first-order valence-electron chi connectivity index (χ1n) is 6.46. The number of halogens is 1. The lowest BCUT2D eigenvalue weighted by molar-refractivity contribution is 0.385. The van der Waals surface area contributed by atoms with Crippen molar-refractivity contribution in [3.63, 3.8) is 0 Å². The summed E-state index contributed by atoms with van der Waals surface area (Å²) in [4.78, 5) is 2.43. The van der Waals surface area contributed by atoms with E-state index in [2.05, 4.69) is 30.3 Å². The normalized spacial score (nSPS) is 27.1. The summed E-state index contributed by atoms with van der Waals surface area (Å²) in [5.74, 6) is 0. The van der Waals surface area contributed by atoms with Crippen LogP contribution in [0.25, 0.3) is 0 Å². The van der Waals surface area contributed by atoms with Crippen LogP contribution in [0.2, 0.25) is 5.02 Å². The monoisotopic (exact) mass is 250 g/mol. The minimum atomic E-state index is 0.612. The van der Waals surface area contributed by atoms with Gasteiger partial charge in [-0.25, -0.2) is 0 Å². The summed E-state index contributed by atoms with van der Waals surface area (Å²) < 4.78 is 0. The Labute approximate surface area is 108 Å². The topological polar surface area (TPSA) is 15.3 Å². The number of rotatable bonds is 0. The molecular weight excluding hydrogens is 232 g/mol. The fourth-order valence-corrected chi connectivity index (χ4v) is 3.57. The maximum atomic E-state index is 6.17. The van der Waals surface area contributed by atoms with Gasteiger partial charge in [-0.15, -0.1) is 0 Å². The Kier molecular flexibility index (Phi) is 2.70. The van der Waals surface area contributed by atoms with Crippen LogP contribution in [-0.2, 0) is 0 Å². The number of aryl methyl sites for hydroxylation is 1. The molecule has 1 saturated carbocycles. The van der Waals surface area contributed by atoms with E-state index in [4.69, 9.17) is 11.6 Å². The summed E-state index contributed by atoms with van der Waals surface area (Å²) in [7, 11) is 2.21. The van der Waals surface area contributed by atoms with Gasteiger partial charge < -0.3 is 10.2 Å². The van der Waals surface area contributed by atoms with Gasteiger partial charge in [-0.2, -0.15) is 0 Å². The van der Waals surface area contributed by atoms with Crippen molar-refractivity contribution in [3.05, 3.63) is 22.7 Å². The van der Waals surface area contributed by atoms with Crippen LogP contribution in [0, 0.1) is 6.92 Å². The van der Waals surface area contributed by atoms with Crippen LogP contribution in [0.1, 0.15) is 31.2 Å². The third-order valence-corrected chi connectivity index (χ3v) is 4.43. The summed E-state index contributed by atoms with van der Waals surface area (Å²) in [5.41, 5.74) is 3.79. The van der Waals surface area contributed by atoms with Crippen molar-refractivity contribution in [1.29, 1.82) is 0 Å².